The number of rotatable bonds is 8. The molecule has 0 radical (unpaired) electrons. The Morgan fingerprint density at radius 3 is 2.31 bits per heavy atom. The summed E-state index contributed by atoms with van der Waals surface area (Å²) < 4.78 is 38.1. The van der Waals surface area contributed by atoms with Crippen LogP contribution < -0.4 is 10.1 Å². The largest absolute Gasteiger partial charge is 0.480 e. The number of nitrogens with one attached hydrogen (secondary N) is 1. The smallest absolute Gasteiger partial charge is 0.415 e. The van der Waals surface area contributed by atoms with Crippen molar-refractivity contribution in [3.8, 4) is 5.75 Å². The van der Waals surface area contributed by atoms with E-state index < -0.39 is 40.1 Å². The number of aliphatic carboxylic acids is 1. The summed E-state index contributed by atoms with van der Waals surface area (Å²) in [5.41, 5.74) is 0.568. The Kier molecular flexibility index (Phi) is 9.34. The fourth-order valence-corrected chi connectivity index (χ4v) is 6.79. The lowest BCUT2D eigenvalue weighted by atomic mass is 10.1. The number of morpholine rings is 1. The Bertz CT molecular complexity index is 1310. The number of carboxylic acids is 1. The van der Waals surface area contributed by atoms with Gasteiger partial charge in [0.25, 0.3) is 0 Å². The van der Waals surface area contributed by atoms with Crippen LogP contribution in [-0.4, -0.2) is 85.6 Å². The summed E-state index contributed by atoms with van der Waals surface area (Å²) in [5.74, 6) is -1.70. The number of hydrogen-bond donors (Lipinski definition) is 2. The number of ether oxygens (including phenoxy) is 2. The Morgan fingerprint density at radius 1 is 1.05 bits per heavy atom. The van der Waals surface area contributed by atoms with Gasteiger partial charge < -0.3 is 24.8 Å². The molecule has 0 spiro atoms. The minimum atomic E-state index is -4.11. The Balaban J connectivity index is 1.40. The second-order valence-electron chi connectivity index (χ2n) is 9.09. The Hall–Kier alpha value is -2.90. The summed E-state index contributed by atoms with van der Waals surface area (Å²) >= 11 is 11.9. The lowest BCUT2D eigenvalue weighted by Gasteiger charge is -2.26. The van der Waals surface area contributed by atoms with E-state index in [0.29, 0.717) is 44.0 Å². The summed E-state index contributed by atoms with van der Waals surface area (Å²) in [6, 6.07) is 7.76. The highest BCUT2D eigenvalue weighted by molar-refractivity contribution is 7.89. The van der Waals surface area contributed by atoms with Crippen molar-refractivity contribution in [2.24, 2.45) is 0 Å². The fourth-order valence-electron chi connectivity index (χ4n) is 4.41. The number of nitrogens with zero attached hydrogens (tertiary/aromatic N) is 2. The quantitative estimate of drug-likeness (QED) is 0.471. The molecule has 11 nitrogen and oxygen atoms in total. The first-order valence-corrected chi connectivity index (χ1v) is 14.4. The zero-order chi connectivity index (χ0) is 28.2. The van der Waals surface area contributed by atoms with Gasteiger partial charge in [-0.25, -0.2) is 18.0 Å². The lowest BCUT2D eigenvalue weighted by Crippen LogP contribution is -2.51. The molecule has 210 valence electrons. The monoisotopic (exact) mass is 599 g/mol. The maximum Gasteiger partial charge on any atom is 0.415 e. The maximum atomic E-state index is 13.2. The molecular formula is C25H27Cl2N3O8S. The summed E-state index contributed by atoms with van der Waals surface area (Å²) in [5, 5.41) is 12.5. The molecule has 0 aliphatic carbocycles. The lowest BCUT2D eigenvalue weighted by molar-refractivity contribution is -0.142. The molecular weight excluding hydrogens is 573 g/mol. The van der Waals surface area contributed by atoms with Gasteiger partial charge in [-0.2, -0.15) is 4.31 Å². The van der Waals surface area contributed by atoms with Crippen molar-refractivity contribution in [3.05, 3.63) is 58.1 Å². The third kappa shape index (κ3) is 7.20. The molecule has 2 saturated heterocycles. The van der Waals surface area contributed by atoms with Crippen LogP contribution in [0.3, 0.4) is 0 Å². The third-order valence-corrected chi connectivity index (χ3v) is 8.72. The van der Waals surface area contributed by atoms with E-state index in [9.17, 15) is 27.9 Å². The van der Waals surface area contributed by atoms with Gasteiger partial charge in [0.1, 0.15) is 17.8 Å². The van der Waals surface area contributed by atoms with Crippen LogP contribution in [0.5, 0.6) is 5.75 Å². The summed E-state index contributed by atoms with van der Waals surface area (Å²) in [7, 11) is -4.11. The molecule has 2 aliphatic rings. The minimum absolute atomic E-state index is 0.0673. The molecule has 2 amide bonds. The molecule has 2 fully saturated rings. The van der Waals surface area contributed by atoms with Gasteiger partial charge >= 0.3 is 12.1 Å². The number of carboxylic acid groups (broad SMARTS) is 1. The molecule has 2 heterocycles. The van der Waals surface area contributed by atoms with Crippen LogP contribution in [-0.2, 0) is 30.8 Å². The van der Waals surface area contributed by atoms with E-state index >= 15 is 0 Å². The molecule has 0 saturated carbocycles. The maximum absolute atomic E-state index is 13.2. The minimum Gasteiger partial charge on any atom is -0.480 e. The number of amides is 2. The van der Waals surface area contributed by atoms with Crippen LogP contribution in [0.1, 0.15) is 18.4 Å². The second kappa shape index (κ2) is 12.5. The van der Waals surface area contributed by atoms with Gasteiger partial charge in [0.15, 0.2) is 0 Å². The van der Waals surface area contributed by atoms with Gasteiger partial charge in [-0.3, -0.25) is 4.79 Å². The highest BCUT2D eigenvalue weighted by Crippen LogP contribution is 2.30. The third-order valence-electron chi connectivity index (χ3n) is 6.40. The average Bonchev–Trinajstić information content (AvgIpc) is 3.40. The van der Waals surface area contributed by atoms with Crippen molar-refractivity contribution in [3.63, 3.8) is 0 Å². The standard InChI is InChI=1S/C25H27Cl2N3O8S/c26-17-13-18(27)15-20(14-17)39(35,36)30-7-1-2-22(30)23(31)28-21(24(32)33)12-16-3-5-19(6-4-16)38-25(34)29-8-10-37-11-9-29/h3-6,13-15,21-22H,1-2,7-12H2,(H,28,31)(H,32,33)/t21-,22-/m0/s1. The van der Waals surface area contributed by atoms with Crippen LogP contribution in [0.4, 0.5) is 4.79 Å². The van der Waals surface area contributed by atoms with Crippen LogP contribution in [0.2, 0.25) is 10.0 Å². The molecule has 2 aliphatic heterocycles. The summed E-state index contributed by atoms with van der Waals surface area (Å²) in [6.07, 6.45) is 0.0863. The Morgan fingerprint density at radius 2 is 1.69 bits per heavy atom. The van der Waals surface area contributed by atoms with E-state index in [1.807, 2.05) is 0 Å². The molecule has 0 aromatic heterocycles. The van der Waals surface area contributed by atoms with Gasteiger partial charge in [-0.05, 0) is 48.7 Å². The van der Waals surface area contributed by atoms with Crippen molar-refractivity contribution in [2.45, 2.75) is 36.2 Å². The number of halogens is 2. The molecule has 2 N–H and O–H groups in total. The van der Waals surface area contributed by atoms with E-state index in [4.69, 9.17) is 32.7 Å². The van der Waals surface area contributed by atoms with Gasteiger partial charge in [0, 0.05) is 36.1 Å². The Labute approximate surface area is 235 Å². The van der Waals surface area contributed by atoms with E-state index in [-0.39, 0.29) is 34.3 Å². The number of sulfonamides is 1. The fraction of sp³-hybridized carbons (Fsp3) is 0.400. The first-order chi connectivity index (χ1) is 18.5. The zero-order valence-corrected chi connectivity index (χ0v) is 23.0. The predicted octanol–water partition coefficient (Wildman–Crippen LogP) is 2.79. The molecule has 39 heavy (non-hydrogen) atoms. The topological polar surface area (TPSA) is 143 Å². The van der Waals surface area contributed by atoms with Crippen molar-refractivity contribution in [2.75, 3.05) is 32.8 Å². The van der Waals surface area contributed by atoms with Crippen LogP contribution in [0.15, 0.2) is 47.4 Å². The summed E-state index contributed by atoms with van der Waals surface area (Å²) in [6.45, 7) is 1.84. The van der Waals surface area contributed by atoms with Crippen molar-refractivity contribution in [1.29, 1.82) is 0 Å². The number of benzene rings is 2. The molecule has 0 bridgehead atoms. The molecule has 14 heteroatoms. The number of hydrogen-bond acceptors (Lipinski definition) is 7. The van der Waals surface area contributed by atoms with E-state index in [1.54, 1.807) is 12.1 Å². The van der Waals surface area contributed by atoms with Gasteiger partial charge in [0.2, 0.25) is 15.9 Å². The van der Waals surface area contributed by atoms with Gasteiger partial charge in [0.05, 0.1) is 18.1 Å². The zero-order valence-electron chi connectivity index (χ0n) is 20.7. The first kappa shape index (κ1) is 29.1. The highest BCUT2D eigenvalue weighted by Gasteiger charge is 2.40. The normalized spacial score (nSPS) is 18.9. The first-order valence-electron chi connectivity index (χ1n) is 12.2. The molecule has 2 atom stereocenters. The molecule has 2 aromatic rings. The van der Waals surface area contributed by atoms with Crippen molar-refractivity contribution in [1.82, 2.24) is 14.5 Å². The molecule has 2 aromatic carbocycles. The summed E-state index contributed by atoms with van der Waals surface area (Å²) in [4.78, 5) is 38.7. The van der Waals surface area contributed by atoms with Crippen LogP contribution >= 0.6 is 23.2 Å². The number of carbonyl (C=O) groups excluding carboxylic acids is 2. The predicted molar refractivity (Wildman–Crippen MR) is 142 cm³/mol. The molecule has 4 rings (SSSR count). The van der Waals surface area contributed by atoms with Gasteiger partial charge in [-0.1, -0.05) is 35.3 Å². The second-order valence-corrected chi connectivity index (χ2v) is 11.9. The highest BCUT2D eigenvalue weighted by atomic mass is 35.5. The van der Waals surface area contributed by atoms with Gasteiger partial charge in [-0.15, -0.1) is 0 Å². The molecule has 0 unspecified atom stereocenters. The van der Waals surface area contributed by atoms with E-state index in [1.165, 1.54) is 35.2 Å². The van der Waals surface area contributed by atoms with E-state index in [0.717, 1.165) is 4.31 Å². The van der Waals surface area contributed by atoms with Crippen molar-refractivity contribution >= 4 is 51.2 Å². The number of carbonyl (C=O) groups is 3. The average molecular weight is 600 g/mol. The van der Waals surface area contributed by atoms with E-state index in [2.05, 4.69) is 5.32 Å². The SMILES string of the molecule is O=C(O)[C@H](Cc1ccc(OC(=O)N2CCOCC2)cc1)NC(=O)[C@@H]1CCCN1S(=O)(=O)c1cc(Cl)cc(Cl)c1. The van der Waals surface area contributed by atoms with Crippen molar-refractivity contribution < 1.29 is 37.4 Å². The van der Waals surface area contributed by atoms with Crippen LogP contribution in [0.25, 0.3) is 0 Å². The van der Waals surface area contributed by atoms with Crippen LogP contribution in [0, 0.1) is 0 Å².